The summed E-state index contributed by atoms with van der Waals surface area (Å²) in [5, 5.41) is 9.58. The molecule has 2 unspecified atom stereocenters. The van der Waals surface area contributed by atoms with Crippen LogP contribution in [0, 0.1) is 0 Å². The molecule has 49 heavy (non-hydrogen) atoms. The smallest absolute Gasteiger partial charge is 0.362 e. The zero-order valence-electron chi connectivity index (χ0n) is 32.4. The van der Waals surface area contributed by atoms with E-state index in [9.17, 15) is 19.5 Å². The fourth-order valence-corrected chi connectivity index (χ4v) is 5.73. The van der Waals surface area contributed by atoms with Crippen molar-refractivity contribution in [2.24, 2.45) is 0 Å². The molecule has 1 N–H and O–H groups in total. The van der Waals surface area contributed by atoms with Gasteiger partial charge in [0.25, 0.3) is 0 Å². The summed E-state index contributed by atoms with van der Waals surface area (Å²) in [7, 11) is 5.51. The van der Waals surface area contributed by atoms with Gasteiger partial charge in [-0.25, -0.2) is 4.79 Å². The van der Waals surface area contributed by atoms with Crippen LogP contribution in [0.1, 0.15) is 168 Å². The summed E-state index contributed by atoms with van der Waals surface area (Å²) in [6.07, 6.45) is 33.5. The van der Waals surface area contributed by atoms with Crippen LogP contribution >= 0.6 is 0 Å². The quantitative estimate of drug-likeness (QED) is 0.0305. The van der Waals surface area contributed by atoms with Crippen molar-refractivity contribution in [3.05, 3.63) is 24.3 Å². The highest BCUT2D eigenvalue weighted by molar-refractivity contribution is 5.72. The highest BCUT2D eigenvalue weighted by Gasteiger charge is 2.31. The lowest BCUT2D eigenvalue weighted by atomic mass is 10.1. The van der Waals surface area contributed by atoms with E-state index in [4.69, 9.17) is 14.2 Å². The van der Waals surface area contributed by atoms with Crippen molar-refractivity contribution < 1.29 is 38.2 Å². The minimum atomic E-state index is -0.877. The molecule has 8 nitrogen and oxygen atoms in total. The van der Waals surface area contributed by atoms with Gasteiger partial charge in [-0.2, -0.15) is 0 Å². The molecular formula is C41H76NO7+. The lowest BCUT2D eigenvalue weighted by Crippen LogP contribution is -2.50. The van der Waals surface area contributed by atoms with Crippen LogP contribution in [-0.4, -0.2) is 80.6 Å². The van der Waals surface area contributed by atoms with E-state index in [-0.39, 0.29) is 36.2 Å². The van der Waals surface area contributed by atoms with Gasteiger partial charge in [-0.1, -0.05) is 134 Å². The topological polar surface area (TPSA) is 99.1 Å². The SMILES string of the molecule is CCCCC/C=C/C=C/CCCCCCCCC(=O)OC(COCCC(C(=O)O)[N+](C)(C)C)COC(=O)CCCCCCCCCCCC. The van der Waals surface area contributed by atoms with Crippen molar-refractivity contribution in [2.45, 2.75) is 180 Å². The molecule has 0 aromatic heterocycles. The van der Waals surface area contributed by atoms with Crippen LogP contribution in [0.2, 0.25) is 0 Å². The number of carbonyl (C=O) groups is 3. The third kappa shape index (κ3) is 31.5. The number of hydrogen-bond acceptors (Lipinski definition) is 6. The Hall–Kier alpha value is -2.19. The average Bonchev–Trinajstić information content (AvgIpc) is 3.05. The van der Waals surface area contributed by atoms with Crippen LogP contribution in [0.3, 0.4) is 0 Å². The van der Waals surface area contributed by atoms with Gasteiger partial charge in [0.1, 0.15) is 6.61 Å². The van der Waals surface area contributed by atoms with Crippen LogP contribution in [-0.2, 0) is 28.6 Å². The van der Waals surface area contributed by atoms with Gasteiger partial charge < -0.3 is 23.8 Å². The lowest BCUT2D eigenvalue weighted by molar-refractivity contribution is -0.887. The molecular weight excluding hydrogens is 618 g/mol. The predicted octanol–water partition coefficient (Wildman–Crippen LogP) is 10.1. The maximum absolute atomic E-state index is 12.7. The molecule has 0 radical (unpaired) electrons. The zero-order valence-corrected chi connectivity index (χ0v) is 32.4. The third-order valence-corrected chi connectivity index (χ3v) is 8.88. The minimum absolute atomic E-state index is 0.0525. The van der Waals surface area contributed by atoms with E-state index in [1.807, 2.05) is 21.1 Å². The molecule has 0 saturated heterocycles. The Balaban J connectivity index is 4.41. The molecule has 0 aliphatic rings. The van der Waals surface area contributed by atoms with Crippen LogP contribution in [0.15, 0.2) is 24.3 Å². The van der Waals surface area contributed by atoms with Crippen molar-refractivity contribution in [3.63, 3.8) is 0 Å². The number of rotatable bonds is 35. The largest absolute Gasteiger partial charge is 0.477 e. The number of hydrogen-bond donors (Lipinski definition) is 1. The number of nitrogens with zero attached hydrogens (tertiary/aromatic N) is 1. The Morgan fingerprint density at radius 2 is 1.06 bits per heavy atom. The number of carboxylic acid groups (broad SMARTS) is 1. The molecule has 0 rings (SSSR count). The summed E-state index contributed by atoms with van der Waals surface area (Å²) in [5.74, 6) is -1.48. The fraction of sp³-hybridized carbons (Fsp3) is 0.829. The second kappa shape index (κ2) is 33.0. The molecule has 0 aromatic carbocycles. The van der Waals surface area contributed by atoms with Crippen LogP contribution in [0.5, 0.6) is 0 Å². The third-order valence-electron chi connectivity index (χ3n) is 8.88. The molecule has 286 valence electrons. The number of quaternary nitrogens is 1. The fourth-order valence-electron chi connectivity index (χ4n) is 5.73. The van der Waals surface area contributed by atoms with Crippen LogP contribution in [0.25, 0.3) is 0 Å². The molecule has 0 amide bonds. The Kier molecular flexibility index (Phi) is 31.5. The summed E-state index contributed by atoms with van der Waals surface area (Å²) < 4.78 is 17.2. The summed E-state index contributed by atoms with van der Waals surface area (Å²) >= 11 is 0. The maximum Gasteiger partial charge on any atom is 0.362 e. The Labute approximate surface area is 301 Å². The van der Waals surface area contributed by atoms with E-state index in [1.165, 1.54) is 83.5 Å². The van der Waals surface area contributed by atoms with Gasteiger partial charge >= 0.3 is 17.9 Å². The molecule has 8 heteroatoms. The summed E-state index contributed by atoms with van der Waals surface area (Å²) in [4.78, 5) is 36.8. The van der Waals surface area contributed by atoms with E-state index < -0.39 is 18.1 Å². The molecule has 2 atom stereocenters. The number of carboxylic acids is 1. The van der Waals surface area contributed by atoms with Gasteiger partial charge in [-0.05, 0) is 38.5 Å². The number of esters is 2. The van der Waals surface area contributed by atoms with Crippen molar-refractivity contribution in [1.82, 2.24) is 0 Å². The maximum atomic E-state index is 12.7. The number of aliphatic carboxylic acids is 1. The highest BCUT2D eigenvalue weighted by atomic mass is 16.6. The summed E-state index contributed by atoms with van der Waals surface area (Å²) in [5.41, 5.74) is 0. The normalized spacial score (nSPS) is 13.2. The zero-order chi connectivity index (χ0) is 36.4. The van der Waals surface area contributed by atoms with Crippen molar-refractivity contribution >= 4 is 17.9 Å². The van der Waals surface area contributed by atoms with E-state index >= 15 is 0 Å². The Morgan fingerprint density at radius 1 is 0.612 bits per heavy atom. The Bertz CT molecular complexity index is 864. The number of unbranched alkanes of at least 4 members (excludes halogenated alkanes) is 18. The lowest BCUT2D eigenvalue weighted by Gasteiger charge is -2.31. The van der Waals surface area contributed by atoms with Gasteiger partial charge in [-0.15, -0.1) is 0 Å². The molecule has 0 bridgehead atoms. The molecule has 0 spiro atoms. The molecule has 0 aliphatic carbocycles. The van der Waals surface area contributed by atoms with E-state index in [0.717, 1.165) is 51.4 Å². The first kappa shape index (κ1) is 46.8. The number of likely N-dealkylation sites (N-methyl/N-ethyl adjacent to an activating group) is 1. The first-order valence-electron chi connectivity index (χ1n) is 19.9. The van der Waals surface area contributed by atoms with Gasteiger partial charge in [0.2, 0.25) is 0 Å². The van der Waals surface area contributed by atoms with Crippen molar-refractivity contribution in [3.8, 4) is 0 Å². The number of ether oxygens (including phenoxy) is 3. The van der Waals surface area contributed by atoms with Crippen molar-refractivity contribution in [2.75, 3.05) is 41.0 Å². The monoisotopic (exact) mass is 695 g/mol. The standard InChI is InChI=1S/C41H75NO7/c1-6-8-10-12-14-16-18-19-20-21-22-24-26-28-30-32-40(44)49-37(35-47-34-33-38(41(45)46)42(3,4)5)36-48-39(43)31-29-27-25-23-17-15-13-11-9-7-2/h14,16,18-19,37-38H,6-13,15,17,20-36H2,1-5H3/p+1/b16-14+,19-18+. The van der Waals surface area contributed by atoms with Crippen LogP contribution in [0.4, 0.5) is 0 Å². The molecule has 0 aromatic rings. The van der Waals surface area contributed by atoms with E-state index in [1.54, 1.807) is 0 Å². The molecule has 0 fully saturated rings. The molecule has 0 heterocycles. The number of carbonyl (C=O) groups excluding carboxylic acids is 2. The second-order valence-corrected chi connectivity index (χ2v) is 14.6. The van der Waals surface area contributed by atoms with Gasteiger partial charge in [0.15, 0.2) is 12.1 Å². The first-order valence-corrected chi connectivity index (χ1v) is 19.9. The van der Waals surface area contributed by atoms with E-state index in [0.29, 0.717) is 19.3 Å². The number of allylic oxidation sites excluding steroid dienone is 4. The average molecular weight is 695 g/mol. The van der Waals surface area contributed by atoms with E-state index in [2.05, 4.69) is 38.2 Å². The summed E-state index contributed by atoms with van der Waals surface area (Å²) in [6, 6.07) is -0.612. The predicted molar refractivity (Wildman–Crippen MR) is 202 cm³/mol. The molecule has 0 saturated carbocycles. The highest BCUT2D eigenvalue weighted by Crippen LogP contribution is 2.14. The second-order valence-electron chi connectivity index (χ2n) is 14.6. The van der Waals surface area contributed by atoms with Crippen molar-refractivity contribution in [1.29, 1.82) is 0 Å². The Morgan fingerprint density at radius 3 is 1.57 bits per heavy atom. The van der Waals surface area contributed by atoms with Gasteiger partial charge in [-0.3, -0.25) is 9.59 Å². The van der Waals surface area contributed by atoms with Gasteiger partial charge in [0.05, 0.1) is 34.4 Å². The minimum Gasteiger partial charge on any atom is -0.477 e. The molecule has 0 aliphatic heterocycles. The van der Waals surface area contributed by atoms with Crippen LogP contribution < -0.4 is 0 Å². The first-order chi connectivity index (χ1) is 23.6. The summed E-state index contributed by atoms with van der Waals surface area (Å²) in [6.45, 7) is 4.68. The van der Waals surface area contributed by atoms with Gasteiger partial charge in [0, 0.05) is 19.3 Å².